The molecule has 0 fully saturated rings. The maximum absolute atomic E-state index is 10.4. The van der Waals surface area contributed by atoms with E-state index in [1.54, 1.807) is 0 Å². The minimum atomic E-state index is -0.662. The lowest BCUT2D eigenvalue weighted by atomic mass is 10.0. The molecule has 1 aromatic heterocycles. The van der Waals surface area contributed by atoms with Crippen molar-refractivity contribution in [2.24, 2.45) is 0 Å². The van der Waals surface area contributed by atoms with Crippen LogP contribution >= 0.6 is 0 Å². The van der Waals surface area contributed by atoms with Gasteiger partial charge in [-0.3, -0.25) is 4.79 Å². The Labute approximate surface area is 175 Å². The van der Waals surface area contributed by atoms with E-state index in [1.807, 2.05) is 22.9 Å². The number of aryl methyl sites for hydroxylation is 1. The van der Waals surface area contributed by atoms with E-state index in [2.05, 4.69) is 16.4 Å². The van der Waals surface area contributed by atoms with Crippen molar-refractivity contribution in [3.8, 4) is 0 Å². The number of nitrogens with zero attached hydrogens (tertiary/aromatic N) is 3. The third kappa shape index (κ3) is 10.4. The molecule has 0 saturated heterocycles. The van der Waals surface area contributed by atoms with Crippen molar-refractivity contribution in [1.29, 1.82) is 0 Å². The van der Waals surface area contributed by atoms with Gasteiger partial charge in [0, 0.05) is 13.0 Å². The normalized spacial score (nSPS) is 11.3. The first-order chi connectivity index (χ1) is 14.3. The lowest BCUT2D eigenvalue weighted by molar-refractivity contribution is -0.137. The average molecular weight is 402 g/mol. The van der Waals surface area contributed by atoms with Gasteiger partial charge in [-0.1, -0.05) is 101 Å². The van der Waals surface area contributed by atoms with Gasteiger partial charge in [0.2, 0.25) is 0 Å². The summed E-state index contributed by atoms with van der Waals surface area (Å²) >= 11 is 0. The van der Waals surface area contributed by atoms with Gasteiger partial charge in [-0.2, -0.15) is 0 Å². The number of hydrogen-bond acceptors (Lipinski definition) is 3. The molecular formula is C24H39N3O2. The van der Waals surface area contributed by atoms with Crippen molar-refractivity contribution in [1.82, 2.24) is 15.0 Å². The van der Waals surface area contributed by atoms with Crippen molar-refractivity contribution >= 4 is 17.0 Å². The molecule has 29 heavy (non-hydrogen) atoms. The summed E-state index contributed by atoms with van der Waals surface area (Å²) in [6.07, 6.45) is 19.4. The number of aliphatic carboxylic acids is 1. The summed E-state index contributed by atoms with van der Waals surface area (Å²) in [5.41, 5.74) is 2.13. The molecule has 0 aliphatic heterocycles. The number of fused-ring (bicyclic) bond motifs is 1. The lowest BCUT2D eigenvalue weighted by Crippen LogP contribution is -2.00. The van der Waals surface area contributed by atoms with Crippen molar-refractivity contribution in [3.05, 3.63) is 24.3 Å². The van der Waals surface area contributed by atoms with Crippen LogP contribution in [-0.2, 0) is 11.3 Å². The molecule has 0 unspecified atom stereocenters. The number of aromatic nitrogens is 3. The summed E-state index contributed by atoms with van der Waals surface area (Å²) in [6.45, 7) is 0.972. The van der Waals surface area contributed by atoms with Gasteiger partial charge in [-0.25, -0.2) is 4.68 Å². The van der Waals surface area contributed by atoms with E-state index in [-0.39, 0.29) is 0 Å². The summed E-state index contributed by atoms with van der Waals surface area (Å²) in [6, 6.07) is 8.17. The van der Waals surface area contributed by atoms with Gasteiger partial charge in [-0.15, -0.1) is 5.10 Å². The van der Waals surface area contributed by atoms with E-state index < -0.39 is 5.97 Å². The molecule has 5 heteroatoms. The van der Waals surface area contributed by atoms with E-state index in [1.165, 1.54) is 83.5 Å². The standard InChI is InChI=1S/C24H39N3O2/c28-24(29)20-14-12-10-8-6-4-2-1-3-5-7-9-11-13-17-21-27-23-19-16-15-18-22(23)25-26-27/h15-16,18-19H,1-14,17,20-21H2,(H,28,29). The fourth-order valence-electron chi connectivity index (χ4n) is 3.92. The summed E-state index contributed by atoms with van der Waals surface area (Å²) < 4.78 is 2.03. The Morgan fingerprint density at radius 3 is 1.76 bits per heavy atom. The maximum atomic E-state index is 10.4. The summed E-state index contributed by atoms with van der Waals surface area (Å²) in [5.74, 6) is -0.662. The van der Waals surface area contributed by atoms with Gasteiger partial charge < -0.3 is 5.11 Å². The van der Waals surface area contributed by atoms with Crippen molar-refractivity contribution in [2.75, 3.05) is 0 Å². The number of hydrogen-bond donors (Lipinski definition) is 1. The lowest BCUT2D eigenvalue weighted by Gasteiger charge is -2.04. The third-order valence-corrected chi connectivity index (χ3v) is 5.68. The third-order valence-electron chi connectivity index (χ3n) is 5.68. The first kappa shape index (κ1) is 23.4. The molecule has 1 N–H and O–H groups in total. The van der Waals surface area contributed by atoms with Gasteiger partial charge in [0.1, 0.15) is 5.52 Å². The summed E-state index contributed by atoms with van der Waals surface area (Å²) in [4.78, 5) is 10.4. The smallest absolute Gasteiger partial charge is 0.303 e. The second kappa shape index (κ2) is 15.0. The number of carboxylic acid groups (broad SMARTS) is 1. The first-order valence-corrected chi connectivity index (χ1v) is 11.8. The minimum absolute atomic E-state index is 0.332. The van der Waals surface area contributed by atoms with Crippen LogP contribution in [0, 0.1) is 0 Å². The number of unbranched alkanes of at least 4 members (excludes halogenated alkanes) is 14. The Balaban J connectivity index is 1.31. The highest BCUT2D eigenvalue weighted by Crippen LogP contribution is 2.15. The van der Waals surface area contributed by atoms with E-state index in [0.717, 1.165) is 30.4 Å². The summed E-state index contributed by atoms with van der Waals surface area (Å²) in [5, 5.41) is 17.1. The number of para-hydroxylation sites is 1. The number of carboxylic acids is 1. The largest absolute Gasteiger partial charge is 0.481 e. The highest BCUT2D eigenvalue weighted by atomic mass is 16.4. The quantitative estimate of drug-likeness (QED) is 0.280. The maximum Gasteiger partial charge on any atom is 0.303 e. The molecule has 2 rings (SSSR count). The van der Waals surface area contributed by atoms with Crippen LogP contribution in [0.2, 0.25) is 0 Å². The molecule has 0 amide bonds. The molecule has 0 bridgehead atoms. The minimum Gasteiger partial charge on any atom is -0.481 e. The van der Waals surface area contributed by atoms with Crippen LogP contribution < -0.4 is 0 Å². The Morgan fingerprint density at radius 2 is 1.21 bits per heavy atom. The zero-order valence-electron chi connectivity index (χ0n) is 18.0. The van der Waals surface area contributed by atoms with Gasteiger partial charge >= 0.3 is 5.97 Å². The predicted octanol–water partition coefficient (Wildman–Crippen LogP) is 6.76. The Hall–Kier alpha value is -1.91. The molecule has 0 spiro atoms. The molecule has 0 saturated carbocycles. The van der Waals surface area contributed by atoms with Crippen LogP contribution in [0.5, 0.6) is 0 Å². The number of rotatable bonds is 18. The van der Waals surface area contributed by atoms with Crippen LogP contribution in [0.15, 0.2) is 24.3 Å². The van der Waals surface area contributed by atoms with Crippen molar-refractivity contribution in [3.63, 3.8) is 0 Å². The Kier molecular flexibility index (Phi) is 12.1. The molecule has 2 aromatic rings. The van der Waals surface area contributed by atoms with Crippen LogP contribution in [0.3, 0.4) is 0 Å². The molecule has 1 heterocycles. The molecular weight excluding hydrogens is 362 g/mol. The molecule has 0 aliphatic rings. The zero-order chi connectivity index (χ0) is 20.6. The van der Waals surface area contributed by atoms with Gasteiger partial charge in [0.05, 0.1) is 5.52 Å². The van der Waals surface area contributed by atoms with Crippen molar-refractivity contribution in [2.45, 2.75) is 109 Å². The van der Waals surface area contributed by atoms with Gasteiger partial charge in [-0.05, 0) is 25.0 Å². The van der Waals surface area contributed by atoms with E-state index in [9.17, 15) is 4.79 Å². The first-order valence-electron chi connectivity index (χ1n) is 11.8. The zero-order valence-corrected chi connectivity index (χ0v) is 18.0. The highest BCUT2D eigenvalue weighted by molar-refractivity contribution is 5.73. The second-order valence-corrected chi connectivity index (χ2v) is 8.25. The monoisotopic (exact) mass is 401 g/mol. The summed E-state index contributed by atoms with van der Waals surface area (Å²) in [7, 11) is 0. The molecule has 0 atom stereocenters. The van der Waals surface area contributed by atoms with E-state index in [4.69, 9.17) is 5.11 Å². The van der Waals surface area contributed by atoms with E-state index >= 15 is 0 Å². The predicted molar refractivity (Wildman–Crippen MR) is 119 cm³/mol. The molecule has 162 valence electrons. The topological polar surface area (TPSA) is 68.0 Å². The molecule has 0 radical (unpaired) electrons. The van der Waals surface area contributed by atoms with Crippen LogP contribution in [0.4, 0.5) is 0 Å². The van der Waals surface area contributed by atoms with Crippen LogP contribution in [-0.4, -0.2) is 26.1 Å². The SMILES string of the molecule is O=C(O)CCCCCCCCCCCCCCCCCn1nnc2ccccc21. The molecule has 1 aromatic carbocycles. The molecule has 5 nitrogen and oxygen atoms in total. The van der Waals surface area contributed by atoms with Gasteiger partial charge in [0.25, 0.3) is 0 Å². The van der Waals surface area contributed by atoms with Crippen molar-refractivity contribution < 1.29 is 9.90 Å². The fourth-order valence-corrected chi connectivity index (χ4v) is 3.92. The average Bonchev–Trinajstić information content (AvgIpc) is 3.13. The van der Waals surface area contributed by atoms with Crippen LogP contribution in [0.25, 0.3) is 11.0 Å². The highest BCUT2D eigenvalue weighted by Gasteiger charge is 2.02. The van der Waals surface area contributed by atoms with Crippen LogP contribution in [0.1, 0.15) is 103 Å². The Morgan fingerprint density at radius 1 is 0.724 bits per heavy atom. The Bertz CT molecular complexity index is 684. The number of benzene rings is 1. The van der Waals surface area contributed by atoms with Gasteiger partial charge in [0.15, 0.2) is 0 Å². The molecule has 0 aliphatic carbocycles. The van der Waals surface area contributed by atoms with E-state index in [0.29, 0.717) is 6.42 Å². The second-order valence-electron chi connectivity index (χ2n) is 8.25. The fraction of sp³-hybridized carbons (Fsp3) is 0.708. The number of carbonyl (C=O) groups is 1.